The molecule has 0 saturated heterocycles. The number of guanidine groups is 1. The van der Waals surface area contributed by atoms with Gasteiger partial charge >= 0.3 is 0 Å². The molecule has 0 spiro atoms. The molecule has 0 fully saturated rings. The molecular formula is C17H29N3O3. The average Bonchev–Trinajstić information content (AvgIpc) is 2.56. The fraction of sp³-hybridized carbons (Fsp3) is 0.588. The highest BCUT2D eigenvalue weighted by molar-refractivity contribution is 5.80. The predicted molar refractivity (Wildman–Crippen MR) is 93.6 cm³/mol. The highest BCUT2D eigenvalue weighted by Crippen LogP contribution is 2.30. The number of nitrogens with zero attached hydrogens (tertiary/aromatic N) is 1. The van der Waals surface area contributed by atoms with E-state index in [4.69, 9.17) is 14.2 Å². The van der Waals surface area contributed by atoms with E-state index >= 15 is 0 Å². The molecule has 2 N–H and O–H groups in total. The maximum atomic E-state index is 5.68. The highest BCUT2D eigenvalue weighted by Gasteiger charge is 2.12. The van der Waals surface area contributed by atoms with E-state index in [1.165, 1.54) is 0 Å². The molecule has 1 rings (SSSR count). The van der Waals surface area contributed by atoms with Gasteiger partial charge in [-0.05, 0) is 38.5 Å². The molecule has 0 amide bonds. The second kappa shape index (κ2) is 10.7. The van der Waals surface area contributed by atoms with E-state index in [9.17, 15) is 0 Å². The number of benzene rings is 1. The number of nitrogens with one attached hydrogen (secondary N) is 2. The largest absolute Gasteiger partial charge is 0.490 e. The first kappa shape index (κ1) is 19.1. The minimum Gasteiger partial charge on any atom is -0.490 e. The van der Waals surface area contributed by atoms with E-state index in [-0.39, 0.29) is 6.04 Å². The molecule has 0 aliphatic rings. The summed E-state index contributed by atoms with van der Waals surface area (Å²) < 4.78 is 16.3. The predicted octanol–water partition coefficient (Wildman–Crippen LogP) is 2.36. The van der Waals surface area contributed by atoms with Crippen LogP contribution in [0.2, 0.25) is 0 Å². The molecule has 1 aromatic rings. The number of rotatable bonds is 9. The van der Waals surface area contributed by atoms with Crippen molar-refractivity contribution >= 4 is 5.96 Å². The molecular weight excluding hydrogens is 294 g/mol. The summed E-state index contributed by atoms with van der Waals surface area (Å²) in [6, 6.07) is 6.07. The molecule has 0 aromatic heterocycles. The third kappa shape index (κ3) is 6.36. The minimum atomic E-state index is 0.0821. The molecule has 0 aliphatic carbocycles. The molecule has 23 heavy (non-hydrogen) atoms. The molecule has 1 aromatic carbocycles. The number of methoxy groups -OCH3 is 1. The van der Waals surface area contributed by atoms with Crippen LogP contribution in [0.1, 0.15) is 32.4 Å². The molecule has 1 atom stereocenters. The van der Waals surface area contributed by atoms with Crippen LogP contribution in [0.25, 0.3) is 0 Å². The maximum absolute atomic E-state index is 5.68. The molecule has 0 bridgehead atoms. The summed E-state index contributed by atoms with van der Waals surface area (Å²) in [5.74, 6) is 2.28. The van der Waals surface area contributed by atoms with Crippen molar-refractivity contribution in [2.75, 3.05) is 40.5 Å². The lowest BCUT2D eigenvalue weighted by atomic mass is 10.1. The van der Waals surface area contributed by atoms with Gasteiger partial charge in [-0.2, -0.15) is 0 Å². The summed E-state index contributed by atoms with van der Waals surface area (Å²) in [5, 5.41) is 6.55. The molecule has 130 valence electrons. The van der Waals surface area contributed by atoms with Gasteiger partial charge in [0.2, 0.25) is 0 Å². The van der Waals surface area contributed by atoms with Gasteiger partial charge in [-0.1, -0.05) is 6.07 Å². The van der Waals surface area contributed by atoms with Crippen molar-refractivity contribution in [3.63, 3.8) is 0 Å². The van der Waals surface area contributed by atoms with E-state index in [1.807, 2.05) is 32.0 Å². The van der Waals surface area contributed by atoms with Gasteiger partial charge in [0, 0.05) is 20.7 Å². The summed E-state index contributed by atoms with van der Waals surface area (Å²) in [6.07, 6.45) is 0. The first-order chi connectivity index (χ1) is 11.2. The molecule has 1 unspecified atom stereocenters. The molecule has 0 heterocycles. The van der Waals surface area contributed by atoms with Crippen LogP contribution in [-0.4, -0.2) is 46.5 Å². The standard InChI is InChI=1S/C17H29N3O3/c1-6-22-15-9-8-14(12-16(15)23-7-2)13(3)20-17(18-4)19-10-11-21-5/h8-9,12-13H,6-7,10-11H2,1-5H3,(H2,18,19,20). The van der Waals surface area contributed by atoms with Crippen LogP contribution >= 0.6 is 0 Å². The summed E-state index contributed by atoms with van der Waals surface area (Å²) >= 11 is 0. The quantitative estimate of drug-likeness (QED) is 0.415. The van der Waals surface area contributed by atoms with E-state index in [1.54, 1.807) is 14.2 Å². The average molecular weight is 323 g/mol. The van der Waals surface area contributed by atoms with Crippen molar-refractivity contribution in [3.8, 4) is 11.5 Å². The second-order valence-corrected chi connectivity index (χ2v) is 4.93. The lowest BCUT2D eigenvalue weighted by Crippen LogP contribution is -2.40. The smallest absolute Gasteiger partial charge is 0.191 e. The van der Waals surface area contributed by atoms with Gasteiger partial charge in [-0.15, -0.1) is 0 Å². The molecule has 6 nitrogen and oxygen atoms in total. The lowest BCUT2D eigenvalue weighted by molar-refractivity contribution is 0.203. The second-order valence-electron chi connectivity index (χ2n) is 4.93. The van der Waals surface area contributed by atoms with Gasteiger partial charge in [0.25, 0.3) is 0 Å². The van der Waals surface area contributed by atoms with Crippen LogP contribution in [0.3, 0.4) is 0 Å². The van der Waals surface area contributed by atoms with Gasteiger partial charge in [-0.3, -0.25) is 4.99 Å². The van der Waals surface area contributed by atoms with Crippen molar-refractivity contribution in [1.82, 2.24) is 10.6 Å². The Bertz CT molecular complexity index is 492. The Kier molecular flexibility index (Phi) is 8.90. The first-order valence-electron chi connectivity index (χ1n) is 8.01. The van der Waals surface area contributed by atoms with E-state index in [2.05, 4.69) is 22.5 Å². The number of aliphatic imine (C=N–C) groups is 1. The fourth-order valence-corrected chi connectivity index (χ4v) is 2.09. The molecule has 0 saturated carbocycles. The van der Waals surface area contributed by atoms with Gasteiger partial charge < -0.3 is 24.8 Å². The van der Waals surface area contributed by atoms with Crippen LogP contribution < -0.4 is 20.1 Å². The van der Waals surface area contributed by atoms with Crippen molar-refractivity contribution in [3.05, 3.63) is 23.8 Å². The van der Waals surface area contributed by atoms with Crippen LogP contribution in [-0.2, 0) is 4.74 Å². The van der Waals surface area contributed by atoms with Crippen molar-refractivity contribution in [1.29, 1.82) is 0 Å². The van der Waals surface area contributed by atoms with Crippen LogP contribution in [0, 0.1) is 0 Å². The minimum absolute atomic E-state index is 0.0821. The monoisotopic (exact) mass is 323 g/mol. The zero-order valence-electron chi connectivity index (χ0n) is 14.8. The Morgan fingerprint density at radius 1 is 1.17 bits per heavy atom. The summed E-state index contributed by atoms with van der Waals surface area (Å²) in [7, 11) is 3.42. The summed E-state index contributed by atoms with van der Waals surface area (Å²) in [5.41, 5.74) is 1.10. The zero-order chi connectivity index (χ0) is 17.1. The van der Waals surface area contributed by atoms with Crippen LogP contribution in [0.5, 0.6) is 11.5 Å². The SMILES string of the molecule is CCOc1ccc(C(C)NC(=NC)NCCOC)cc1OCC. The van der Waals surface area contributed by atoms with Gasteiger partial charge in [0.1, 0.15) is 0 Å². The Balaban J connectivity index is 2.77. The Morgan fingerprint density at radius 2 is 1.87 bits per heavy atom. The van der Waals surface area contributed by atoms with Crippen molar-refractivity contribution < 1.29 is 14.2 Å². The number of ether oxygens (including phenoxy) is 3. The number of hydrogen-bond donors (Lipinski definition) is 2. The normalized spacial score (nSPS) is 12.7. The third-order valence-electron chi connectivity index (χ3n) is 3.24. The fourth-order valence-electron chi connectivity index (χ4n) is 2.09. The Labute approximate surface area is 139 Å². The van der Waals surface area contributed by atoms with Gasteiger partial charge in [0.15, 0.2) is 17.5 Å². The van der Waals surface area contributed by atoms with Gasteiger partial charge in [-0.25, -0.2) is 0 Å². The van der Waals surface area contributed by atoms with E-state index in [0.29, 0.717) is 26.4 Å². The van der Waals surface area contributed by atoms with Crippen LogP contribution in [0.4, 0.5) is 0 Å². The first-order valence-corrected chi connectivity index (χ1v) is 8.01. The highest BCUT2D eigenvalue weighted by atomic mass is 16.5. The third-order valence-corrected chi connectivity index (χ3v) is 3.24. The zero-order valence-corrected chi connectivity index (χ0v) is 14.8. The Hall–Kier alpha value is -1.95. The summed E-state index contributed by atoms with van der Waals surface area (Å²) in [6.45, 7) is 8.56. The van der Waals surface area contributed by atoms with Crippen molar-refractivity contribution in [2.24, 2.45) is 4.99 Å². The molecule has 0 aliphatic heterocycles. The van der Waals surface area contributed by atoms with Crippen molar-refractivity contribution in [2.45, 2.75) is 26.8 Å². The summed E-state index contributed by atoms with van der Waals surface area (Å²) in [4.78, 5) is 4.21. The topological polar surface area (TPSA) is 64.1 Å². The lowest BCUT2D eigenvalue weighted by Gasteiger charge is -2.20. The van der Waals surface area contributed by atoms with E-state index < -0.39 is 0 Å². The van der Waals surface area contributed by atoms with Crippen LogP contribution in [0.15, 0.2) is 23.2 Å². The number of hydrogen-bond acceptors (Lipinski definition) is 4. The van der Waals surface area contributed by atoms with E-state index in [0.717, 1.165) is 23.0 Å². The van der Waals surface area contributed by atoms with Gasteiger partial charge in [0.05, 0.1) is 25.9 Å². The molecule has 6 heteroatoms. The maximum Gasteiger partial charge on any atom is 0.191 e. The Morgan fingerprint density at radius 3 is 2.48 bits per heavy atom. The molecule has 0 radical (unpaired) electrons.